The van der Waals surface area contributed by atoms with Gasteiger partial charge in [-0.25, -0.2) is 4.39 Å². The summed E-state index contributed by atoms with van der Waals surface area (Å²) in [5.74, 6) is -0.117. The van der Waals surface area contributed by atoms with Crippen LogP contribution < -0.4 is 5.32 Å². The minimum Gasteiger partial charge on any atom is -0.314 e. The molecule has 0 saturated carbocycles. The Balaban J connectivity index is 0.00000200. The van der Waals surface area contributed by atoms with Gasteiger partial charge in [-0.2, -0.15) is 0 Å². The van der Waals surface area contributed by atoms with Gasteiger partial charge in [0.1, 0.15) is 5.82 Å². The molecular weight excluding hydrogens is 310 g/mol. The average molecular weight is 337 g/mol. The van der Waals surface area contributed by atoms with E-state index in [0.717, 1.165) is 38.2 Å². The van der Waals surface area contributed by atoms with Crippen molar-refractivity contribution < 1.29 is 4.39 Å². The monoisotopic (exact) mass is 336 g/mol. The number of hydrogen-bond donors (Lipinski definition) is 1. The molecule has 21 heavy (non-hydrogen) atoms. The molecule has 0 amide bonds. The molecule has 1 aromatic rings. The van der Waals surface area contributed by atoms with Crippen molar-refractivity contribution >= 4 is 24.8 Å². The minimum atomic E-state index is -0.117. The van der Waals surface area contributed by atoms with E-state index in [9.17, 15) is 4.39 Å². The highest BCUT2D eigenvalue weighted by molar-refractivity contribution is 5.85. The lowest BCUT2D eigenvalue weighted by molar-refractivity contribution is 0.162. The molecule has 2 rings (SSSR count). The second-order valence-electron chi connectivity index (χ2n) is 5.35. The first-order valence-electron chi connectivity index (χ1n) is 7.51. The third-order valence-corrected chi connectivity index (χ3v) is 3.91. The van der Waals surface area contributed by atoms with E-state index in [1.165, 1.54) is 25.3 Å². The lowest BCUT2D eigenvalue weighted by atomic mass is 9.98. The van der Waals surface area contributed by atoms with Crippen LogP contribution >= 0.6 is 24.8 Å². The second kappa shape index (κ2) is 11.2. The quantitative estimate of drug-likeness (QED) is 0.783. The maximum atomic E-state index is 13.5. The molecule has 5 heteroatoms. The van der Waals surface area contributed by atoms with Gasteiger partial charge in [0.2, 0.25) is 0 Å². The van der Waals surface area contributed by atoms with Gasteiger partial charge in [-0.15, -0.1) is 24.8 Å². The molecule has 1 aliphatic rings. The predicted molar refractivity (Wildman–Crippen MR) is 92.2 cm³/mol. The molecule has 1 atom stereocenters. The third-order valence-electron chi connectivity index (χ3n) is 3.91. The molecule has 1 aliphatic heterocycles. The Labute approximate surface area is 140 Å². The Morgan fingerprint density at radius 2 is 1.90 bits per heavy atom. The van der Waals surface area contributed by atoms with E-state index in [1.807, 2.05) is 6.07 Å². The van der Waals surface area contributed by atoms with Crippen LogP contribution in [0.3, 0.4) is 0 Å². The molecule has 1 fully saturated rings. The summed E-state index contributed by atoms with van der Waals surface area (Å²) in [7, 11) is 0. The molecular formula is C16H27Cl2FN2. The normalized spacial score (nSPS) is 16.7. The lowest BCUT2D eigenvalue weighted by Gasteiger charge is -2.35. The zero-order valence-electron chi connectivity index (χ0n) is 12.7. The number of nitrogens with zero attached hydrogens (tertiary/aromatic N) is 1. The van der Waals surface area contributed by atoms with E-state index in [2.05, 4.69) is 23.2 Å². The van der Waals surface area contributed by atoms with Gasteiger partial charge in [-0.1, -0.05) is 38.3 Å². The highest BCUT2D eigenvalue weighted by Gasteiger charge is 2.21. The van der Waals surface area contributed by atoms with Crippen molar-refractivity contribution in [2.75, 3.05) is 26.2 Å². The fraction of sp³-hybridized carbons (Fsp3) is 0.625. The first-order chi connectivity index (χ1) is 9.31. The molecule has 2 nitrogen and oxygen atoms in total. The van der Waals surface area contributed by atoms with Gasteiger partial charge in [-0.05, 0) is 24.1 Å². The van der Waals surface area contributed by atoms with Gasteiger partial charge in [0, 0.05) is 32.2 Å². The predicted octanol–water partition coefficient (Wildman–Crippen LogP) is 4.20. The number of piperazine rings is 1. The fourth-order valence-corrected chi connectivity index (χ4v) is 2.86. The van der Waals surface area contributed by atoms with Crippen LogP contribution in [0.2, 0.25) is 0 Å². The van der Waals surface area contributed by atoms with Crippen LogP contribution in [0.5, 0.6) is 0 Å². The SMILES string of the molecule is CCCCC[C@H](c1cccc(F)c1)N1CCNCC1.Cl.Cl. The molecule has 1 aromatic carbocycles. The Morgan fingerprint density at radius 3 is 2.52 bits per heavy atom. The summed E-state index contributed by atoms with van der Waals surface area (Å²) in [6.07, 6.45) is 4.86. The summed E-state index contributed by atoms with van der Waals surface area (Å²) < 4.78 is 13.5. The third kappa shape index (κ3) is 6.52. The van der Waals surface area contributed by atoms with Crippen LogP contribution in [-0.2, 0) is 0 Å². The topological polar surface area (TPSA) is 15.3 Å². The zero-order valence-corrected chi connectivity index (χ0v) is 14.3. The number of halogens is 3. The van der Waals surface area contributed by atoms with Crippen LogP contribution in [0.15, 0.2) is 24.3 Å². The first kappa shape index (κ1) is 20.6. The van der Waals surface area contributed by atoms with E-state index in [4.69, 9.17) is 0 Å². The van der Waals surface area contributed by atoms with Gasteiger partial charge >= 0.3 is 0 Å². The summed E-state index contributed by atoms with van der Waals surface area (Å²) in [4.78, 5) is 2.50. The number of hydrogen-bond acceptors (Lipinski definition) is 2. The van der Waals surface area contributed by atoms with Gasteiger partial charge in [-0.3, -0.25) is 4.90 Å². The van der Waals surface area contributed by atoms with Crippen LogP contribution in [-0.4, -0.2) is 31.1 Å². The number of unbranched alkanes of at least 4 members (excludes halogenated alkanes) is 2. The standard InChI is InChI=1S/C16H25FN2.2ClH/c1-2-3-4-8-16(19-11-9-18-10-12-19)14-6-5-7-15(17)13-14;;/h5-7,13,16,18H,2-4,8-12H2,1H3;2*1H/t16-;;/m1../s1. The van der Waals surface area contributed by atoms with E-state index >= 15 is 0 Å². The Kier molecular flexibility index (Phi) is 11.1. The zero-order chi connectivity index (χ0) is 13.5. The number of benzene rings is 1. The van der Waals surface area contributed by atoms with Crippen molar-refractivity contribution in [2.45, 2.75) is 38.6 Å². The molecule has 0 spiro atoms. The molecule has 0 aliphatic carbocycles. The molecule has 1 saturated heterocycles. The Hall–Kier alpha value is -0.350. The van der Waals surface area contributed by atoms with Crippen molar-refractivity contribution in [1.82, 2.24) is 10.2 Å². The molecule has 1 N–H and O–H groups in total. The van der Waals surface area contributed by atoms with Crippen LogP contribution in [0.25, 0.3) is 0 Å². The van der Waals surface area contributed by atoms with Gasteiger partial charge in [0.15, 0.2) is 0 Å². The molecule has 0 aromatic heterocycles. The molecule has 1 heterocycles. The van der Waals surface area contributed by atoms with Crippen molar-refractivity contribution in [2.24, 2.45) is 0 Å². The Bertz CT molecular complexity index is 384. The van der Waals surface area contributed by atoms with Gasteiger partial charge in [0.25, 0.3) is 0 Å². The van der Waals surface area contributed by atoms with Gasteiger partial charge in [0.05, 0.1) is 0 Å². The average Bonchev–Trinajstić information content (AvgIpc) is 2.45. The van der Waals surface area contributed by atoms with Gasteiger partial charge < -0.3 is 5.32 Å². The molecule has 122 valence electrons. The summed E-state index contributed by atoms with van der Waals surface area (Å²) in [5, 5.41) is 3.38. The first-order valence-corrected chi connectivity index (χ1v) is 7.51. The molecule has 0 radical (unpaired) electrons. The largest absolute Gasteiger partial charge is 0.314 e. The summed E-state index contributed by atoms with van der Waals surface area (Å²) in [6, 6.07) is 7.52. The lowest BCUT2D eigenvalue weighted by Crippen LogP contribution is -2.45. The van der Waals surface area contributed by atoms with E-state index in [-0.39, 0.29) is 30.6 Å². The van der Waals surface area contributed by atoms with Crippen LogP contribution in [0.4, 0.5) is 4.39 Å². The van der Waals surface area contributed by atoms with E-state index < -0.39 is 0 Å². The highest BCUT2D eigenvalue weighted by Crippen LogP contribution is 2.27. The van der Waals surface area contributed by atoms with Crippen LogP contribution in [0.1, 0.15) is 44.2 Å². The summed E-state index contributed by atoms with van der Waals surface area (Å²) in [5.41, 5.74) is 1.14. The number of rotatable bonds is 6. The van der Waals surface area contributed by atoms with E-state index in [1.54, 1.807) is 6.07 Å². The molecule has 0 bridgehead atoms. The minimum absolute atomic E-state index is 0. The smallest absolute Gasteiger partial charge is 0.123 e. The van der Waals surface area contributed by atoms with E-state index in [0.29, 0.717) is 6.04 Å². The van der Waals surface area contributed by atoms with Crippen molar-refractivity contribution in [3.63, 3.8) is 0 Å². The maximum Gasteiger partial charge on any atom is 0.123 e. The second-order valence-corrected chi connectivity index (χ2v) is 5.35. The maximum absolute atomic E-state index is 13.5. The van der Waals surface area contributed by atoms with Crippen LogP contribution in [0, 0.1) is 5.82 Å². The fourth-order valence-electron chi connectivity index (χ4n) is 2.86. The Morgan fingerprint density at radius 1 is 1.19 bits per heavy atom. The molecule has 0 unspecified atom stereocenters. The van der Waals surface area contributed by atoms with Crippen molar-refractivity contribution in [1.29, 1.82) is 0 Å². The summed E-state index contributed by atoms with van der Waals surface area (Å²) >= 11 is 0. The van der Waals surface area contributed by atoms with Crippen molar-refractivity contribution in [3.05, 3.63) is 35.6 Å². The highest BCUT2D eigenvalue weighted by atomic mass is 35.5. The number of nitrogens with one attached hydrogen (secondary N) is 1. The van der Waals surface area contributed by atoms with Crippen molar-refractivity contribution in [3.8, 4) is 0 Å². The summed E-state index contributed by atoms with van der Waals surface area (Å²) in [6.45, 7) is 6.43.